The van der Waals surface area contributed by atoms with Crippen LogP contribution in [0.2, 0.25) is 10.0 Å². The minimum Gasteiger partial charge on any atom is -0.484 e. The number of benzene rings is 3. The highest BCUT2D eigenvalue weighted by atomic mass is 35.5. The van der Waals surface area contributed by atoms with Crippen molar-refractivity contribution < 1.29 is 9.53 Å². The number of rotatable bonds is 8. The second-order valence-electron chi connectivity index (χ2n) is 9.59. The third-order valence-electron chi connectivity index (χ3n) is 6.89. The predicted molar refractivity (Wildman–Crippen MR) is 171 cm³/mol. The second-order valence-corrected chi connectivity index (χ2v) is 10.8. The molecule has 1 amide bonds. The molecule has 3 aromatic carbocycles. The molecular weight excluding hydrogens is 589 g/mol. The monoisotopic (exact) mass is 613 g/mol. The molecule has 10 heteroatoms. The summed E-state index contributed by atoms with van der Waals surface area (Å²) < 4.78 is 7.61. The molecule has 0 unspecified atom stereocenters. The zero-order chi connectivity index (χ0) is 29.1. The van der Waals surface area contributed by atoms with Gasteiger partial charge in [0.05, 0.1) is 22.4 Å². The topological polar surface area (TPSA) is 71.4 Å². The molecule has 1 saturated heterocycles. The summed E-state index contributed by atoms with van der Waals surface area (Å²) in [5.41, 5.74) is 4.11. The van der Waals surface area contributed by atoms with Crippen molar-refractivity contribution in [2.75, 3.05) is 16.8 Å². The van der Waals surface area contributed by atoms with Crippen molar-refractivity contribution in [1.82, 2.24) is 14.9 Å². The van der Waals surface area contributed by atoms with Gasteiger partial charge in [-0.25, -0.2) is 0 Å². The molecule has 3 heterocycles. The van der Waals surface area contributed by atoms with E-state index in [0.717, 1.165) is 22.8 Å². The molecule has 5 aromatic rings. The van der Waals surface area contributed by atoms with Gasteiger partial charge in [-0.1, -0.05) is 47.5 Å². The van der Waals surface area contributed by atoms with Crippen molar-refractivity contribution in [3.63, 3.8) is 0 Å². The lowest BCUT2D eigenvalue weighted by Gasteiger charge is -2.29. The zero-order valence-corrected chi connectivity index (χ0v) is 24.5. The Hall–Kier alpha value is -4.37. The number of hydrogen-bond donors (Lipinski definition) is 2. The van der Waals surface area contributed by atoms with Crippen LogP contribution in [0.15, 0.2) is 116 Å². The van der Waals surface area contributed by atoms with Gasteiger partial charge in [0.15, 0.2) is 11.7 Å². The van der Waals surface area contributed by atoms with Gasteiger partial charge in [0.1, 0.15) is 11.8 Å². The highest BCUT2D eigenvalue weighted by molar-refractivity contribution is 7.80. The Kier molecular flexibility index (Phi) is 8.10. The first-order chi connectivity index (χ1) is 20.5. The fraction of sp³-hybridized carbons (Fsp3) is 0.0938. The normalized spacial score (nSPS) is 16.2. The first kappa shape index (κ1) is 27.8. The minimum atomic E-state index is -0.270. The molecule has 210 valence electrons. The standard InChI is InChI=1S/C32H25Cl2N5O2S/c33-21-11-16-27(25(34)19-21)38-18-6-10-28(38)31-30(26-9-4-5-17-35-26)37-32(42)39(31)23-14-12-22(13-15-23)36-29(40)20-41-24-7-2-1-3-8-24/h1-19,30-31H,20H2,(H,36,40)(H,37,42)/t30-,31+/m1/s1. The van der Waals surface area contributed by atoms with Gasteiger partial charge in [0, 0.05) is 34.5 Å². The van der Waals surface area contributed by atoms with Gasteiger partial charge in [-0.2, -0.15) is 0 Å². The molecule has 7 nitrogen and oxygen atoms in total. The lowest BCUT2D eigenvalue weighted by atomic mass is 10.0. The molecule has 0 spiro atoms. The summed E-state index contributed by atoms with van der Waals surface area (Å²) in [5, 5.41) is 8.02. The summed E-state index contributed by atoms with van der Waals surface area (Å²) in [6.45, 7) is -0.0933. The van der Waals surface area contributed by atoms with Gasteiger partial charge in [0.2, 0.25) is 0 Å². The first-order valence-electron chi connectivity index (χ1n) is 13.2. The van der Waals surface area contributed by atoms with Crippen LogP contribution in [0.3, 0.4) is 0 Å². The number of hydrogen-bond acceptors (Lipinski definition) is 4. The number of anilines is 2. The Morgan fingerprint density at radius 3 is 2.48 bits per heavy atom. The SMILES string of the molecule is O=C(COc1ccccc1)Nc1ccc(N2C(=S)N[C@H](c3ccccn3)[C@@H]2c2cccn2-c2ccc(Cl)cc2Cl)cc1. The van der Waals surface area contributed by atoms with Gasteiger partial charge in [0.25, 0.3) is 5.91 Å². The fourth-order valence-electron chi connectivity index (χ4n) is 5.03. The third-order valence-corrected chi connectivity index (χ3v) is 7.75. The van der Waals surface area contributed by atoms with E-state index >= 15 is 0 Å². The number of nitrogens with one attached hydrogen (secondary N) is 2. The van der Waals surface area contributed by atoms with Crippen LogP contribution in [-0.4, -0.2) is 27.2 Å². The molecule has 1 aliphatic rings. The van der Waals surface area contributed by atoms with E-state index in [2.05, 4.69) is 26.6 Å². The Balaban J connectivity index is 1.30. The molecule has 0 saturated carbocycles. The fourth-order valence-corrected chi connectivity index (χ4v) is 5.88. The molecule has 2 N–H and O–H groups in total. The highest BCUT2D eigenvalue weighted by Gasteiger charge is 2.42. The first-order valence-corrected chi connectivity index (χ1v) is 14.4. The average molecular weight is 615 g/mol. The van der Waals surface area contributed by atoms with Gasteiger partial charge < -0.3 is 24.8 Å². The maximum atomic E-state index is 12.5. The number of nitrogens with zero attached hydrogens (tertiary/aromatic N) is 3. The van der Waals surface area contributed by atoms with Crippen molar-refractivity contribution in [2.45, 2.75) is 12.1 Å². The Morgan fingerprint density at radius 2 is 1.74 bits per heavy atom. The zero-order valence-electron chi connectivity index (χ0n) is 22.2. The van der Waals surface area contributed by atoms with E-state index in [9.17, 15) is 4.79 Å². The molecule has 1 aliphatic heterocycles. The Bertz CT molecular complexity index is 1710. The molecule has 42 heavy (non-hydrogen) atoms. The van der Waals surface area contributed by atoms with Crippen molar-refractivity contribution in [3.05, 3.63) is 137 Å². The summed E-state index contributed by atoms with van der Waals surface area (Å²) in [5.74, 6) is 0.381. The Morgan fingerprint density at radius 1 is 0.952 bits per heavy atom. The number of amides is 1. The summed E-state index contributed by atoms with van der Waals surface area (Å²) >= 11 is 18.7. The van der Waals surface area contributed by atoms with Gasteiger partial charge in [-0.05, 0) is 91.1 Å². The molecular formula is C32H25Cl2N5O2S. The van der Waals surface area contributed by atoms with E-state index in [0.29, 0.717) is 26.6 Å². The van der Waals surface area contributed by atoms with E-state index in [-0.39, 0.29) is 24.6 Å². The van der Waals surface area contributed by atoms with E-state index < -0.39 is 0 Å². The van der Waals surface area contributed by atoms with Gasteiger partial charge in [-0.3, -0.25) is 9.78 Å². The lowest BCUT2D eigenvalue weighted by molar-refractivity contribution is -0.118. The third kappa shape index (κ3) is 5.83. The second kappa shape index (κ2) is 12.2. The maximum absolute atomic E-state index is 12.5. The van der Waals surface area contributed by atoms with E-state index in [4.69, 9.17) is 40.2 Å². The van der Waals surface area contributed by atoms with Crippen molar-refractivity contribution in [3.8, 4) is 11.4 Å². The lowest BCUT2D eigenvalue weighted by Crippen LogP contribution is -2.30. The molecule has 6 rings (SSSR count). The summed E-state index contributed by atoms with van der Waals surface area (Å²) in [4.78, 5) is 19.2. The number of carbonyl (C=O) groups is 1. The minimum absolute atomic E-state index is 0.0933. The van der Waals surface area contributed by atoms with Crippen LogP contribution >= 0.6 is 35.4 Å². The molecule has 2 aromatic heterocycles. The largest absolute Gasteiger partial charge is 0.484 e. The summed E-state index contributed by atoms with van der Waals surface area (Å²) in [6.07, 6.45) is 3.74. The summed E-state index contributed by atoms with van der Waals surface area (Å²) in [6, 6.07) is 31.6. The quantitative estimate of drug-likeness (QED) is 0.178. The molecule has 0 radical (unpaired) electrons. The van der Waals surface area contributed by atoms with Crippen LogP contribution in [0.5, 0.6) is 5.75 Å². The van der Waals surface area contributed by atoms with Crippen LogP contribution in [-0.2, 0) is 4.79 Å². The highest BCUT2D eigenvalue weighted by Crippen LogP contribution is 2.43. The van der Waals surface area contributed by atoms with E-state index in [1.54, 1.807) is 24.4 Å². The van der Waals surface area contributed by atoms with E-state index in [1.807, 2.05) is 89.6 Å². The number of aromatic nitrogens is 2. The Labute approximate surface area is 258 Å². The van der Waals surface area contributed by atoms with Crippen molar-refractivity contribution in [2.24, 2.45) is 0 Å². The number of pyridine rings is 1. The van der Waals surface area contributed by atoms with Crippen molar-refractivity contribution in [1.29, 1.82) is 0 Å². The number of carbonyl (C=O) groups excluding carboxylic acids is 1. The number of para-hydroxylation sites is 1. The van der Waals surface area contributed by atoms with Gasteiger partial charge in [-0.15, -0.1) is 0 Å². The number of halogens is 2. The van der Waals surface area contributed by atoms with Crippen LogP contribution < -0.4 is 20.3 Å². The van der Waals surface area contributed by atoms with Crippen molar-refractivity contribution >= 4 is 57.8 Å². The van der Waals surface area contributed by atoms with Gasteiger partial charge >= 0.3 is 0 Å². The molecule has 1 fully saturated rings. The average Bonchev–Trinajstić information content (AvgIpc) is 3.62. The van der Waals surface area contributed by atoms with Crippen LogP contribution in [0, 0.1) is 0 Å². The van der Waals surface area contributed by atoms with E-state index in [1.165, 1.54) is 0 Å². The predicted octanol–water partition coefficient (Wildman–Crippen LogP) is 7.37. The van der Waals surface area contributed by atoms with Crippen LogP contribution in [0.4, 0.5) is 11.4 Å². The number of thiocarbonyl (C=S) groups is 1. The molecule has 0 aliphatic carbocycles. The molecule has 0 bridgehead atoms. The molecule has 2 atom stereocenters. The number of ether oxygens (including phenoxy) is 1. The smallest absolute Gasteiger partial charge is 0.262 e. The maximum Gasteiger partial charge on any atom is 0.262 e. The van der Waals surface area contributed by atoms with Crippen LogP contribution in [0.25, 0.3) is 5.69 Å². The van der Waals surface area contributed by atoms with Crippen LogP contribution in [0.1, 0.15) is 23.5 Å². The summed E-state index contributed by atoms with van der Waals surface area (Å²) in [7, 11) is 0.